The van der Waals surface area contributed by atoms with Gasteiger partial charge in [0.2, 0.25) is 0 Å². The number of carbonyl (C=O) groups is 2. The molecule has 1 aliphatic rings. The molecule has 1 N–H and O–H groups in total. The Hall–Kier alpha value is -4.24. The molecule has 1 atom stereocenters. The number of aromatic nitrogens is 2. The van der Waals surface area contributed by atoms with Crippen molar-refractivity contribution >= 4 is 44.1 Å². The maximum atomic E-state index is 13.5. The van der Waals surface area contributed by atoms with E-state index in [9.17, 15) is 14.7 Å². The van der Waals surface area contributed by atoms with Crippen LogP contribution in [-0.2, 0) is 9.59 Å². The summed E-state index contributed by atoms with van der Waals surface area (Å²) in [4.78, 5) is 37.0. The van der Waals surface area contributed by atoms with Crippen LogP contribution in [-0.4, -0.2) is 40.0 Å². The Labute approximate surface area is 224 Å². The number of rotatable bonds is 8. The number of aliphatic hydroxyl groups is 1. The monoisotopic (exact) mass is 529 g/mol. The summed E-state index contributed by atoms with van der Waals surface area (Å²) in [6.45, 7) is 6.79. The Balaban J connectivity index is 1.71. The van der Waals surface area contributed by atoms with Crippen molar-refractivity contribution in [3.05, 3.63) is 83.2 Å². The van der Waals surface area contributed by atoms with Gasteiger partial charge >= 0.3 is 5.91 Å². The Morgan fingerprint density at radius 2 is 1.82 bits per heavy atom. The Morgan fingerprint density at radius 1 is 1.03 bits per heavy atom. The van der Waals surface area contributed by atoms with E-state index in [2.05, 4.69) is 9.97 Å². The summed E-state index contributed by atoms with van der Waals surface area (Å²) in [6.07, 6.45) is 3.86. The summed E-state index contributed by atoms with van der Waals surface area (Å²) in [5.74, 6) is -0.763. The lowest BCUT2D eigenvalue weighted by Crippen LogP contribution is -2.29. The Kier molecular flexibility index (Phi) is 7.11. The summed E-state index contributed by atoms with van der Waals surface area (Å²) in [5, 5.41) is 11.7. The molecule has 4 aromatic rings. The van der Waals surface area contributed by atoms with Crippen LogP contribution in [0.4, 0.5) is 5.13 Å². The molecule has 1 fully saturated rings. The summed E-state index contributed by atoms with van der Waals surface area (Å²) in [7, 11) is 0. The van der Waals surface area contributed by atoms with Crippen molar-refractivity contribution in [1.82, 2.24) is 9.97 Å². The van der Waals surface area contributed by atoms with Gasteiger partial charge in [-0.15, -0.1) is 0 Å². The quantitative estimate of drug-likeness (QED) is 0.174. The largest absolute Gasteiger partial charge is 0.507 e. The first-order valence-electron chi connectivity index (χ1n) is 12.4. The van der Waals surface area contributed by atoms with E-state index in [-0.39, 0.29) is 11.3 Å². The second-order valence-corrected chi connectivity index (χ2v) is 9.87. The minimum absolute atomic E-state index is 0.0266. The molecule has 9 heteroatoms. The highest BCUT2D eigenvalue weighted by atomic mass is 32.1. The van der Waals surface area contributed by atoms with Crippen LogP contribution in [0.2, 0.25) is 0 Å². The van der Waals surface area contributed by atoms with Crippen LogP contribution in [0.5, 0.6) is 11.5 Å². The molecule has 0 saturated carbocycles. The lowest BCUT2D eigenvalue weighted by Gasteiger charge is -2.24. The van der Waals surface area contributed by atoms with Gasteiger partial charge in [-0.25, -0.2) is 4.98 Å². The number of hydrogen-bond acceptors (Lipinski definition) is 8. The first-order chi connectivity index (χ1) is 18.4. The normalized spacial score (nSPS) is 16.8. The van der Waals surface area contributed by atoms with Crippen LogP contribution in [0.1, 0.15) is 43.0 Å². The number of ether oxygens (including phenoxy) is 2. The summed E-state index contributed by atoms with van der Waals surface area (Å²) >= 11 is 1.32. The third kappa shape index (κ3) is 4.61. The molecule has 0 radical (unpaired) electrons. The highest BCUT2D eigenvalue weighted by Crippen LogP contribution is 2.46. The Morgan fingerprint density at radius 3 is 2.55 bits per heavy atom. The number of hydrogen-bond donors (Lipinski definition) is 1. The number of nitrogens with zero attached hydrogens (tertiary/aromatic N) is 3. The van der Waals surface area contributed by atoms with Gasteiger partial charge in [0.15, 0.2) is 16.6 Å². The zero-order valence-electron chi connectivity index (χ0n) is 21.3. The van der Waals surface area contributed by atoms with E-state index in [0.29, 0.717) is 41.0 Å². The average molecular weight is 530 g/mol. The fourth-order valence-electron chi connectivity index (χ4n) is 4.43. The van der Waals surface area contributed by atoms with E-state index in [1.807, 2.05) is 39.0 Å². The number of thiazole rings is 1. The highest BCUT2D eigenvalue weighted by molar-refractivity contribution is 7.22. The standard InChI is InChI=1S/C29H27N3O5S/c1-4-14-37-21-9-7-19(16-22(21)36-5-2)25-24(26(33)18-10-12-30-13-11-18)27(34)28(35)32(25)29-31-20-8-6-17(3)15-23(20)38-29/h6-13,15-16,25,33H,4-5,14H2,1-3H3. The molecular formula is C29H27N3O5S. The molecule has 38 heavy (non-hydrogen) atoms. The lowest BCUT2D eigenvalue weighted by molar-refractivity contribution is -0.132. The van der Waals surface area contributed by atoms with Crippen molar-refractivity contribution in [3.63, 3.8) is 0 Å². The number of ketones is 1. The lowest BCUT2D eigenvalue weighted by atomic mass is 9.95. The van der Waals surface area contributed by atoms with Gasteiger partial charge in [0, 0.05) is 18.0 Å². The number of benzene rings is 2. The SMILES string of the molecule is CCCOc1ccc(C2C(=C(O)c3ccncc3)C(=O)C(=O)N2c2nc3ccc(C)cc3s2)cc1OCC. The van der Waals surface area contributed by atoms with Gasteiger partial charge in [-0.2, -0.15) is 0 Å². The summed E-state index contributed by atoms with van der Waals surface area (Å²) in [5.41, 5.74) is 2.73. The van der Waals surface area contributed by atoms with Gasteiger partial charge in [-0.3, -0.25) is 19.5 Å². The van der Waals surface area contributed by atoms with E-state index in [4.69, 9.17) is 9.47 Å². The molecule has 194 valence electrons. The number of fused-ring (bicyclic) bond motifs is 1. The minimum atomic E-state index is -0.927. The fraction of sp³-hybridized carbons (Fsp3) is 0.241. The zero-order valence-corrected chi connectivity index (χ0v) is 22.1. The molecule has 8 nitrogen and oxygen atoms in total. The van der Waals surface area contributed by atoms with Gasteiger partial charge in [-0.1, -0.05) is 30.4 Å². The van der Waals surface area contributed by atoms with Crippen molar-refractivity contribution in [1.29, 1.82) is 0 Å². The van der Waals surface area contributed by atoms with Gasteiger partial charge in [0.1, 0.15) is 5.76 Å². The molecule has 1 unspecified atom stereocenters. The maximum absolute atomic E-state index is 13.5. The number of carbonyl (C=O) groups excluding carboxylic acids is 2. The molecule has 0 spiro atoms. The van der Waals surface area contributed by atoms with Crippen molar-refractivity contribution < 1.29 is 24.2 Å². The number of amides is 1. The average Bonchev–Trinajstić information content (AvgIpc) is 3.45. The van der Waals surface area contributed by atoms with Crippen LogP contribution in [0.25, 0.3) is 16.0 Å². The molecule has 2 aromatic carbocycles. The topological polar surface area (TPSA) is 102 Å². The number of Topliss-reactive ketones (excluding diaryl/α,β-unsaturated/α-hetero) is 1. The second-order valence-electron chi connectivity index (χ2n) is 8.86. The van der Waals surface area contributed by atoms with Crippen molar-refractivity contribution in [2.75, 3.05) is 18.1 Å². The summed E-state index contributed by atoms with van der Waals surface area (Å²) in [6, 6.07) is 13.4. The number of pyridine rings is 1. The number of aliphatic hydroxyl groups excluding tert-OH is 1. The molecule has 0 bridgehead atoms. The van der Waals surface area contributed by atoms with Gasteiger partial charge in [0.25, 0.3) is 5.78 Å². The summed E-state index contributed by atoms with van der Waals surface area (Å²) < 4.78 is 12.6. The first kappa shape index (κ1) is 25.4. The van der Waals surface area contributed by atoms with Gasteiger partial charge < -0.3 is 14.6 Å². The predicted octanol–water partition coefficient (Wildman–Crippen LogP) is 5.81. The highest BCUT2D eigenvalue weighted by Gasteiger charge is 2.48. The molecule has 3 heterocycles. The van der Waals surface area contributed by atoms with Crippen LogP contribution in [0, 0.1) is 6.92 Å². The first-order valence-corrected chi connectivity index (χ1v) is 13.2. The molecule has 1 amide bonds. The van der Waals surface area contributed by atoms with Gasteiger partial charge in [-0.05, 0) is 67.8 Å². The third-order valence-corrected chi connectivity index (χ3v) is 7.20. The van der Waals surface area contributed by atoms with Gasteiger partial charge in [0.05, 0.1) is 35.0 Å². The van der Waals surface area contributed by atoms with Crippen molar-refractivity contribution in [2.24, 2.45) is 0 Å². The second kappa shape index (κ2) is 10.6. The van der Waals surface area contributed by atoms with E-state index in [1.54, 1.807) is 30.3 Å². The number of aryl methyl sites for hydroxylation is 1. The predicted molar refractivity (Wildman–Crippen MR) is 147 cm³/mol. The van der Waals surface area contributed by atoms with Crippen molar-refractivity contribution in [2.45, 2.75) is 33.2 Å². The van der Waals surface area contributed by atoms with Crippen LogP contribution >= 0.6 is 11.3 Å². The smallest absolute Gasteiger partial charge is 0.301 e. The van der Waals surface area contributed by atoms with Crippen LogP contribution in [0.15, 0.2) is 66.5 Å². The molecule has 5 rings (SSSR count). The van der Waals surface area contributed by atoms with E-state index in [1.165, 1.54) is 28.6 Å². The number of anilines is 1. The molecule has 1 aliphatic heterocycles. The molecule has 2 aromatic heterocycles. The Bertz CT molecular complexity index is 1550. The van der Waals surface area contributed by atoms with E-state index in [0.717, 1.165) is 22.2 Å². The maximum Gasteiger partial charge on any atom is 0.301 e. The van der Waals surface area contributed by atoms with Crippen molar-refractivity contribution in [3.8, 4) is 11.5 Å². The van der Waals surface area contributed by atoms with E-state index < -0.39 is 17.7 Å². The fourth-order valence-corrected chi connectivity index (χ4v) is 5.52. The zero-order chi connectivity index (χ0) is 26.8. The third-order valence-electron chi connectivity index (χ3n) is 6.18. The molecule has 1 saturated heterocycles. The van der Waals surface area contributed by atoms with E-state index >= 15 is 0 Å². The van der Waals surface area contributed by atoms with Crippen LogP contribution < -0.4 is 14.4 Å². The molecule has 0 aliphatic carbocycles. The minimum Gasteiger partial charge on any atom is -0.507 e. The molecular weight excluding hydrogens is 502 g/mol. The van der Waals surface area contributed by atoms with Crippen LogP contribution in [0.3, 0.4) is 0 Å².